The van der Waals surface area contributed by atoms with E-state index in [1.54, 1.807) is 0 Å². The molecule has 2 nitrogen and oxygen atoms in total. The Labute approximate surface area is 96.7 Å². The highest BCUT2D eigenvalue weighted by atomic mass is 15.5. The summed E-state index contributed by atoms with van der Waals surface area (Å²) >= 11 is 0. The number of hydrazone groups is 1. The van der Waals surface area contributed by atoms with Crippen LogP contribution in [0.15, 0.2) is 28.9 Å². The lowest BCUT2D eigenvalue weighted by Gasteiger charge is -2.34. The van der Waals surface area contributed by atoms with Gasteiger partial charge in [-0.15, -0.1) is 0 Å². The highest BCUT2D eigenvalue weighted by Gasteiger charge is 2.37. The van der Waals surface area contributed by atoms with Gasteiger partial charge in [0, 0.05) is 37.9 Å². The fourth-order valence-electron chi connectivity index (χ4n) is 2.52. The van der Waals surface area contributed by atoms with E-state index in [2.05, 4.69) is 54.2 Å². The molecule has 16 heavy (non-hydrogen) atoms. The minimum absolute atomic E-state index is 0.0486. The molecular formula is C14H16N2. The van der Waals surface area contributed by atoms with Gasteiger partial charge < -0.3 is 0 Å². The van der Waals surface area contributed by atoms with Crippen LogP contribution in [0, 0.1) is 23.7 Å². The molecule has 0 bridgehead atoms. The van der Waals surface area contributed by atoms with Gasteiger partial charge in [-0.05, 0) is 12.5 Å². The van der Waals surface area contributed by atoms with E-state index in [9.17, 15) is 0 Å². The van der Waals surface area contributed by atoms with Crippen LogP contribution in [0.3, 0.4) is 0 Å². The molecule has 0 fully saturated rings. The Morgan fingerprint density at radius 2 is 2.38 bits per heavy atom. The van der Waals surface area contributed by atoms with Crippen LogP contribution in [0.2, 0.25) is 0 Å². The average Bonchev–Trinajstić information content (AvgIpc) is 2.48. The summed E-state index contributed by atoms with van der Waals surface area (Å²) in [4.78, 5) is 0. The molecule has 0 aromatic heterocycles. The number of likely N-dealkylation sites (N-methyl/N-ethyl adjacent to an activating group) is 1. The van der Waals surface area contributed by atoms with Crippen molar-refractivity contribution in [2.45, 2.75) is 25.3 Å². The fraction of sp³-hybridized carbons (Fsp3) is 0.500. The van der Waals surface area contributed by atoms with E-state index in [0.29, 0.717) is 11.8 Å². The van der Waals surface area contributed by atoms with Crippen LogP contribution >= 0.6 is 0 Å². The Kier molecular flexibility index (Phi) is 1.97. The van der Waals surface area contributed by atoms with Crippen molar-refractivity contribution in [2.24, 2.45) is 16.9 Å². The zero-order valence-electron chi connectivity index (χ0n) is 9.77. The zero-order chi connectivity index (χ0) is 11.2. The Hall–Kier alpha value is -1.49. The zero-order valence-corrected chi connectivity index (χ0v) is 9.77. The van der Waals surface area contributed by atoms with Crippen molar-refractivity contribution in [1.29, 1.82) is 0 Å². The lowest BCUT2D eigenvalue weighted by Crippen LogP contribution is -2.39. The number of hydrogen-bond acceptors (Lipinski definition) is 2. The minimum Gasteiger partial charge on any atom is -0.290 e. The van der Waals surface area contributed by atoms with E-state index in [4.69, 9.17) is 0 Å². The molecular weight excluding hydrogens is 196 g/mol. The maximum Gasteiger partial charge on any atom is 0.0815 e. The molecule has 0 saturated heterocycles. The van der Waals surface area contributed by atoms with Crippen LogP contribution < -0.4 is 0 Å². The molecule has 3 unspecified atom stereocenters. The summed E-state index contributed by atoms with van der Waals surface area (Å²) in [5.74, 6) is 7.62. The summed E-state index contributed by atoms with van der Waals surface area (Å²) in [7, 11) is 2.05. The van der Waals surface area contributed by atoms with E-state index in [-0.39, 0.29) is 5.54 Å². The normalized spacial score (nSPS) is 39.4. The van der Waals surface area contributed by atoms with Crippen LogP contribution in [0.4, 0.5) is 0 Å². The van der Waals surface area contributed by atoms with Crippen molar-refractivity contribution in [3.63, 3.8) is 0 Å². The van der Waals surface area contributed by atoms with Crippen molar-refractivity contribution in [3.8, 4) is 11.8 Å². The topological polar surface area (TPSA) is 15.6 Å². The second-order valence-electron chi connectivity index (χ2n) is 4.98. The second-order valence-corrected chi connectivity index (χ2v) is 4.98. The lowest BCUT2D eigenvalue weighted by atomic mass is 9.79. The molecule has 0 spiro atoms. The van der Waals surface area contributed by atoms with Gasteiger partial charge in [0.2, 0.25) is 0 Å². The largest absolute Gasteiger partial charge is 0.290 e. The van der Waals surface area contributed by atoms with Crippen LogP contribution in [-0.4, -0.2) is 23.8 Å². The van der Waals surface area contributed by atoms with Crippen LogP contribution in [-0.2, 0) is 0 Å². The van der Waals surface area contributed by atoms with E-state index in [1.807, 2.05) is 6.21 Å². The third-order valence-electron chi connectivity index (χ3n) is 4.05. The summed E-state index contributed by atoms with van der Waals surface area (Å²) in [5, 5.41) is 6.43. The van der Waals surface area contributed by atoms with Gasteiger partial charge in [-0.1, -0.05) is 30.1 Å². The Bertz CT molecular complexity index is 461. The fourth-order valence-corrected chi connectivity index (χ4v) is 2.52. The van der Waals surface area contributed by atoms with Gasteiger partial charge in [-0.3, -0.25) is 5.01 Å². The van der Waals surface area contributed by atoms with Gasteiger partial charge in [0.15, 0.2) is 0 Å². The number of rotatable bonds is 1. The molecule has 3 rings (SSSR count). The van der Waals surface area contributed by atoms with Crippen molar-refractivity contribution in [3.05, 3.63) is 23.8 Å². The first-order valence-corrected chi connectivity index (χ1v) is 5.84. The first-order valence-electron chi connectivity index (χ1n) is 5.84. The van der Waals surface area contributed by atoms with Crippen molar-refractivity contribution in [2.75, 3.05) is 7.05 Å². The Balaban J connectivity index is 1.93. The van der Waals surface area contributed by atoms with Crippen molar-refractivity contribution < 1.29 is 0 Å². The van der Waals surface area contributed by atoms with Crippen molar-refractivity contribution in [1.82, 2.24) is 5.01 Å². The quantitative estimate of drug-likeness (QED) is 0.480. The molecule has 0 radical (unpaired) electrons. The molecule has 1 heterocycles. The molecule has 0 amide bonds. The number of fused-ring (bicyclic) bond motifs is 1. The monoisotopic (exact) mass is 212 g/mol. The van der Waals surface area contributed by atoms with Gasteiger partial charge >= 0.3 is 0 Å². The predicted molar refractivity (Wildman–Crippen MR) is 65.9 cm³/mol. The van der Waals surface area contributed by atoms with Crippen LogP contribution in [0.1, 0.15) is 19.8 Å². The maximum absolute atomic E-state index is 4.36. The lowest BCUT2D eigenvalue weighted by molar-refractivity contribution is 0.209. The molecule has 3 atom stereocenters. The second kappa shape index (κ2) is 3.25. The summed E-state index contributed by atoms with van der Waals surface area (Å²) in [6.45, 7) is 2.26. The average molecular weight is 212 g/mol. The summed E-state index contributed by atoms with van der Waals surface area (Å²) in [6, 6.07) is 0. The molecule has 0 aromatic carbocycles. The summed E-state index contributed by atoms with van der Waals surface area (Å²) < 4.78 is 0. The molecule has 2 heteroatoms. The Morgan fingerprint density at radius 3 is 3.00 bits per heavy atom. The van der Waals surface area contributed by atoms with Crippen LogP contribution in [0.5, 0.6) is 0 Å². The van der Waals surface area contributed by atoms with E-state index >= 15 is 0 Å². The van der Waals surface area contributed by atoms with Crippen molar-refractivity contribution >= 4 is 6.21 Å². The van der Waals surface area contributed by atoms with Crippen LogP contribution in [0.25, 0.3) is 0 Å². The standard InChI is InChI=1S/C14H16N2/c1-14(8-9-15-16(14)2)13-5-3-4-11-6-7-12(11)10-13/h6-7,9-12H,5,8H2,1-2H3. The van der Waals surface area contributed by atoms with Gasteiger partial charge in [0.1, 0.15) is 0 Å². The highest BCUT2D eigenvalue weighted by Crippen LogP contribution is 2.37. The smallest absolute Gasteiger partial charge is 0.0815 e. The molecule has 0 saturated carbocycles. The van der Waals surface area contributed by atoms with Gasteiger partial charge in [-0.2, -0.15) is 5.10 Å². The highest BCUT2D eigenvalue weighted by molar-refractivity contribution is 5.63. The number of hydrogen-bond donors (Lipinski definition) is 0. The third kappa shape index (κ3) is 1.24. The molecule has 0 N–H and O–H groups in total. The molecule has 82 valence electrons. The van der Waals surface area contributed by atoms with E-state index < -0.39 is 0 Å². The van der Waals surface area contributed by atoms with E-state index in [0.717, 1.165) is 12.8 Å². The van der Waals surface area contributed by atoms with E-state index in [1.165, 1.54) is 5.57 Å². The maximum atomic E-state index is 4.36. The van der Waals surface area contributed by atoms with Gasteiger partial charge in [0.05, 0.1) is 5.54 Å². The number of nitrogens with zero attached hydrogens (tertiary/aromatic N) is 2. The summed E-state index contributed by atoms with van der Waals surface area (Å²) in [6.07, 6.45) is 10.7. The summed E-state index contributed by atoms with van der Waals surface area (Å²) in [5.41, 5.74) is 1.48. The van der Waals surface area contributed by atoms with Gasteiger partial charge in [0.25, 0.3) is 0 Å². The first-order chi connectivity index (χ1) is 7.70. The molecule has 3 aliphatic rings. The molecule has 0 aromatic rings. The molecule has 2 aliphatic carbocycles. The van der Waals surface area contributed by atoms with Gasteiger partial charge in [-0.25, -0.2) is 0 Å². The minimum atomic E-state index is 0.0486. The third-order valence-corrected chi connectivity index (χ3v) is 4.05. The predicted octanol–water partition coefficient (Wildman–Crippen LogP) is 2.20. The number of allylic oxidation sites excluding steroid dienone is 3. The molecule has 1 aliphatic heterocycles. The first kappa shape index (κ1) is 9.72. The SMILES string of the molecule is CN1N=CCC1(C)C1=CC2C=CC2C#CC1. The Morgan fingerprint density at radius 1 is 1.50 bits per heavy atom.